The lowest BCUT2D eigenvalue weighted by Gasteiger charge is -2.36. The lowest BCUT2D eigenvalue weighted by molar-refractivity contribution is 0.0742. The predicted molar refractivity (Wildman–Crippen MR) is 96.5 cm³/mol. The Bertz CT molecular complexity index is 648. The van der Waals surface area contributed by atoms with Crippen LogP contribution in [0.5, 0.6) is 0 Å². The van der Waals surface area contributed by atoms with E-state index < -0.39 is 0 Å². The van der Waals surface area contributed by atoms with E-state index in [1.54, 1.807) is 0 Å². The molecule has 5 heteroatoms. The molecular weight excluding hydrogens is 326 g/mol. The van der Waals surface area contributed by atoms with E-state index in [0.717, 1.165) is 36.5 Å². The van der Waals surface area contributed by atoms with Crippen LogP contribution < -0.4 is 5.32 Å². The van der Waals surface area contributed by atoms with Crippen molar-refractivity contribution in [3.63, 3.8) is 0 Å². The molecule has 3 nitrogen and oxygen atoms in total. The molecule has 2 aromatic rings. The third-order valence-corrected chi connectivity index (χ3v) is 6.55. The molecule has 0 spiro atoms. The van der Waals surface area contributed by atoms with E-state index >= 15 is 0 Å². The van der Waals surface area contributed by atoms with Gasteiger partial charge in [-0.1, -0.05) is 18.2 Å². The van der Waals surface area contributed by atoms with E-state index in [2.05, 4.69) is 29.6 Å². The lowest BCUT2D eigenvalue weighted by Crippen LogP contribution is -2.44. The molecular formula is C18H21NO2S2. The third-order valence-electron chi connectivity index (χ3n) is 4.01. The van der Waals surface area contributed by atoms with E-state index in [-0.39, 0.29) is 10.7 Å². The van der Waals surface area contributed by atoms with Crippen LogP contribution >= 0.6 is 23.1 Å². The van der Waals surface area contributed by atoms with E-state index in [0.29, 0.717) is 6.54 Å². The fourth-order valence-electron chi connectivity index (χ4n) is 2.68. The van der Waals surface area contributed by atoms with Crippen LogP contribution in [0.25, 0.3) is 0 Å². The Morgan fingerprint density at radius 3 is 2.70 bits per heavy atom. The number of hydrogen-bond donors (Lipinski definition) is 1. The molecule has 0 bridgehead atoms. The molecule has 23 heavy (non-hydrogen) atoms. The van der Waals surface area contributed by atoms with Crippen molar-refractivity contribution >= 4 is 29.0 Å². The van der Waals surface area contributed by atoms with Crippen LogP contribution in [0.15, 0.2) is 46.7 Å². The smallest absolute Gasteiger partial charge is 0.261 e. The summed E-state index contributed by atoms with van der Waals surface area (Å²) in [6.07, 6.45) is 1.91. The molecule has 2 heterocycles. The normalized spacial score (nSPS) is 16.9. The Balaban J connectivity index is 1.68. The first-order valence-electron chi connectivity index (χ1n) is 7.82. The van der Waals surface area contributed by atoms with Gasteiger partial charge in [0.2, 0.25) is 0 Å². The fourth-order valence-corrected chi connectivity index (χ4v) is 4.80. The first-order chi connectivity index (χ1) is 11.2. The molecule has 0 radical (unpaired) electrons. The van der Waals surface area contributed by atoms with Gasteiger partial charge >= 0.3 is 0 Å². The Kier molecular flexibility index (Phi) is 5.41. The molecule has 0 unspecified atom stereocenters. The van der Waals surface area contributed by atoms with Gasteiger partial charge in [0.25, 0.3) is 5.91 Å². The molecule has 1 aromatic carbocycles. The molecule has 3 rings (SSSR count). The molecule has 0 saturated carbocycles. The maximum absolute atomic E-state index is 12.4. The van der Waals surface area contributed by atoms with Crippen molar-refractivity contribution in [1.82, 2.24) is 5.32 Å². The maximum atomic E-state index is 12.4. The summed E-state index contributed by atoms with van der Waals surface area (Å²) in [5.41, 5.74) is 1.14. The van der Waals surface area contributed by atoms with Gasteiger partial charge in [0.15, 0.2) is 0 Å². The van der Waals surface area contributed by atoms with Gasteiger partial charge in [-0.3, -0.25) is 4.79 Å². The second-order valence-corrected chi connectivity index (χ2v) is 8.33. The fraction of sp³-hybridized carbons (Fsp3) is 0.389. The monoisotopic (exact) mass is 347 g/mol. The molecule has 1 fully saturated rings. The van der Waals surface area contributed by atoms with Crippen LogP contribution in [0, 0.1) is 6.92 Å². The van der Waals surface area contributed by atoms with Crippen molar-refractivity contribution in [2.75, 3.05) is 19.8 Å². The van der Waals surface area contributed by atoms with E-state index in [9.17, 15) is 4.79 Å². The summed E-state index contributed by atoms with van der Waals surface area (Å²) in [6.45, 7) is 4.20. The number of carbonyl (C=O) groups is 1. The molecule has 1 N–H and O–H groups in total. The third kappa shape index (κ3) is 4.37. The lowest BCUT2D eigenvalue weighted by atomic mass is 9.99. The summed E-state index contributed by atoms with van der Waals surface area (Å²) in [5, 5.41) is 5.15. The van der Waals surface area contributed by atoms with Gasteiger partial charge in [0, 0.05) is 29.4 Å². The number of thiophene rings is 1. The molecule has 1 aliphatic rings. The summed E-state index contributed by atoms with van der Waals surface area (Å²) in [4.78, 5) is 14.4. The van der Waals surface area contributed by atoms with Gasteiger partial charge in [-0.15, -0.1) is 23.1 Å². The second kappa shape index (κ2) is 7.51. The van der Waals surface area contributed by atoms with Crippen molar-refractivity contribution in [2.45, 2.75) is 29.4 Å². The zero-order valence-corrected chi connectivity index (χ0v) is 14.8. The molecule has 1 aliphatic heterocycles. The van der Waals surface area contributed by atoms with Crippen molar-refractivity contribution < 1.29 is 9.53 Å². The Morgan fingerprint density at radius 2 is 2.04 bits per heavy atom. The minimum absolute atomic E-state index is 0.0154. The van der Waals surface area contributed by atoms with Gasteiger partial charge in [0.05, 0.1) is 4.88 Å². The minimum atomic E-state index is 0.0154. The number of benzene rings is 1. The summed E-state index contributed by atoms with van der Waals surface area (Å²) in [7, 11) is 0. The molecule has 0 atom stereocenters. The quantitative estimate of drug-likeness (QED) is 0.884. The highest BCUT2D eigenvalue weighted by atomic mass is 32.2. The summed E-state index contributed by atoms with van der Waals surface area (Å²) in [5.74, 6) is 0.0302. The van der Waals surface area contributed by atoms with Gasteiger partial charge in [0.1, 0.15) is 0 Å². The molecule has 1 aromatic heterocycles. The summed E-state index contributed by atoms with van der Waals surface area (Å²) >= 11 is 3.37. The first-order valence-corrected chi connectivity index (χ1v) is 9.52. The number of aryl methyl sites for hydroxylation is 1. The topological polar surface area (TPSA) is 38.3 Å². The number of amides is 1. The molecule has 1 amide bonds. The van der Waals surface area contributed by atoms with Crippen molar-refractivity contribution in [2.24, 2.45) is 0 Å². The average Bonchev–Trinajstić information content (AvgIpc) is 3.01. The number of rotatable bonds is 5. The van der Waals surface area contributed by atoms with Gasteiger partial charge in [-0.05, 0) is 48.9 Å². The van der Waals surface area contributed by atoms with Crippen LogP contribution in [0.3, 0.4) is 0 Å². The Hall–Kier alpha value is -1.30. The summed E-state index contributed by atoms with van der Waals surface area (Å²) in [6, 6.07) is 12.4. The Labute approximate surface area is 145 Å². The first kappa shape index (κ1) is 16.6. The van der Waals surface area contributed by atoms with Crippen molar-refractivity contribution in [3.05, 3.63) is 52.2 Å². The average molecular weight is 348 g/mol. The largest absolute Gasteiger partial charge is 0.381 e. The molecule has 1 saturated heterocycles. The standard InChI is InChI=1S/C18H21NO2S2/c1-14-11-16(22-12-14)17(20)19-13-18(7-9-21-10-8-18)23-15-5-3-2-4-6-15/h2-6,11-12H,7-10,13H2,1H3,(H,19,20). The van der Waals surface area contributed by atoms with E-state index in [1.165, 1.54) is 16.2 Å². The number of ether oxygens (including phenoxy) is 1. The van der Waals surface area contributed by atoms with Gasteiger partial charge in [-0.2, -0.15) is 0 Å². The van der Waals surface area contributed by atoms with Crippen LogP contribution in [0.1, 0.15) is 28.1 Å². The Morgan fingerprint density at radius 1 is 1.30 bits per heavy atom. The number of nitrogens with one attached hydrogen (secondary N) is 1. The highest BCUT2D eigenvalue weighted by molar-refractivity contribution is 8.00. The minimum Gasteiger partial charge on any atom is -0.381 e. The molecule has 0 aliphatic carbocycles. The zero-order chi connectivity index (χ0) is 16.1. The van der Waals surface area contributed by atoms with Crippen LogP contribution in [-0.4, -0.2) is 30.4 Å². The van der Waals surface area contributed by atoms with Crippen molar-refractivity contribution in [1.29, 1.82) is 0 Å². The van der Waals surface area contributed by atoms with Gasteiger partial charge < -0.3 is 10.1 Å². The number of thioether (sulfide) groups is 1. The highest BCUT2D eigenvalue weighted by Gasteiger charge is 2.34. The van der Waals surface area contributed by atoms with Gasteiger partial charge in [-0.25, -0.2) is 0 Å². The molecule has 122 valence electrons. The zero-order valence-electron chi connectivity index (χ0n) is 13.2. The van der Waals surface area contributed by atoms with E-state index in [4.69, 9.17) is 4.74 Å². The van der Waals surface area contributed by atoms with Crippen LogP contribution in [0.4, 0.5) is 0 Å². The predicted octanol–water partition coefficient (Wildman–Crippen LogP) is 4.13. The highest BCUT2D eigenvalue weighted by Crippen LogP contribution is 2.40. The SMILES string of the molecule is Cc1csc(C(=O)NCC2(Sc3ccccc3)CCOCC2)c1. The van der Waals surface area contributed by atoms with Crippen LogP contribution in [-0.2, 0) is 4.74 Å². The summed E-state index contributed by atoms with van der Waals surface area (Å²) < 4.78 is 5.55. The van der Waals surface area contributed by atoms with Crippen molar-refractivity contribution in [3.8, 4) is 0 Å². The number of hydrogen-bond acceptors (Lipinski definition) is 4. The van der Waals surface area contributed by atoms with Crippen LogP contribution in [0.2, 0.25) is 0 Å². The maximum Gasteiger partial charge on any atom is 0.261 e. The van der Waals surface area contributed by atoms with E-state index in [1.807, 2.05) is 36.2 Å². The number of carbonyl (C=O) groups excluding carboxylic acids is 1. The second-order valence-electron chi connectivity index (χ2n) is 5.88.